The molecule has 16 heavy (non-hydrogen) atoms. The van der Waals surface area contributed by atoms with E-state index in [0.29, 0.717) is 12.1 Å². The second-order valence-electron chi connectivity index (χ2n) is 5.03. The Balaban J connectivity index is 2.13. The Bertz CT molecular complexity index is 316. The first kappa shape index (κ1) is 11.6. The van der Waals surface area contributed by atoms with Crippen molar-refractivity contribution in [2.75, 3.05) is 13.1 Å². The van der Waals surface area contributed by atoms with Gasteiger partial charge in [-0.25, -0.2) is 0 Å². The molecule has 2 atom stereocenters. The minimum atomic E-state index is 0.272. The Labute approximate surface area is 97.9 Å². The molecular formula is C13H22N2O. The number of amides is 1. The van der Waals surface area contributed by atoms with Gasteiger partial charge in [-0.15, -0.1) is 0 Å². The molecule has 0 radical (unpaired) electrons. The predicted octanol–water partition coefficient (Wildman–Crippen LogP) is 1.70. The summed E-state index contributed by atoms with van der Waals surface area (Å²) in [6.07, 6.45) is 3.41. The lowest BCUT2D eigenvalue weighted by molar-refractivity contribution is -0.129. The lowest BCUT2D eigenvalue weighted by Crippen LogP contribution is -2.43. The number of nitrogens with zero attached hydrogens (tertiary/aromatic N) is 1. The second-order valence-corrected chi connectivity index (χ2v) is 5.03. The Morgan fingerprint density at radius 2 is 2.12 bits per heavy atom. The minimum Gasteiger partial charge on any atom is -0.333 e. The average Bonchev–Trinajstić information content (AvgIpc) is 2.55. The van der Waals surface area contributed by atoms with Gasteiger partial charge in [-0.3, -0.25) is 4.79 Å². The predicted molar refractivity (Wildman–Crippen MR) is 65.2 cm³/mol. The van der Waals surface area contributed by atoms with E-state index in [-0.39, 0.29) is 5.91 Å². The van der Waals surface area contributed by atoms with E-state index in [1.54, 1.807) is 0 Å². The van der Waals surface area contributed by atoms with Gasteiger partial charge in [-0.2, -0.15) is 0 Å². The molecule has 0 aliphatic carbocycles. The molecule has 2 unspecified atom stereocenters. The SMILES string of the molecule is CCC1CCC(C)N1C(=O)C(C)=C1CNC1. The molecule has 0 aromatic heterocycles. The molecule has 2 aliphatic heterocycles. The van der Waals surface area contributed by atoms with E-state index >= 15 is 0 Å². The first-order chi connectivity index (χ1) is 7.65. The molecule has 2 rings (SSSR count). The van der Waals surface area contributed by atoms with Crippen LogP contribution in [0.15, 0.2) is 11.1 Å². The van der Waals surface area contributed by atoms with Crippen LogP contribution in [0.4, 0.5) is 0 Å². The summed E-state index contributed by atoms with van der Waals surface area (Å²) in [5, 5.41) is 3.20. The van der Waals surface area contributed by atoms with Crippen molar-refractivity contribution >= 4 is 5.91 Å². The van der Waals surface area contributed by atoms with Gasteiger partial charge in [0.05, 0.1) is 0 Å². The molecule has 1 N–H and O–H groups in total. The summed E-state index contributed by atoms with van der Waals surface area (Å²) in [4.78, 5) is 14.5. The highest BCUT2D eigenvalue weighted by Crippen LogP contribution is 2.28. The van der Waals surface area contributed by atoms with Crippen molar-refractivity contribution in [3.63, 3.8) is 0 Å². The fourth-order valence-electron chi connectivity index (χ4n) is 2.70. The van der Waals surface area contributed by atoms with Gasteiger partial charge in [-0.1, -0.05) is 6.92 Å². The molecule has 1 amide bonds. The third-order valence-electron chi connectivity index (χ3n) is 4.02. The van der Waals surface area contributed by atoms with E-state index in [1.165, 1.54) is 12.0 Å². The normalized spacial score (nSPS) is 29.2. The maximum Gasteiger partial charge on any atom is 0.250 e. The summed E-state index contributed by atoms with van der Waals surface area (Å²) < 4.78 is 0. The first-order valence-electron chi connectivity index (χ1n) is 6.37. The van der Waals surface area contributed by atoms with Crippen LogP contribution >= 0.6 is 0 Å². The molecule has 0 spiro atoms. The summed E-state index contributed by atoms with van der Waals surface area (Å²) in [6, 6.07) is 0.882. The van der Waals surface area contributed by atoms with E-state index in [1.807, 2.05) is 6.92 Å². The van der Waals surface area contributed by atoms with Crippen LogP contribution in [0.3, 0.4) is 0 Å². The highest BCUT2D eigenvalue weighted by atomic mass is 16.2. The lowest BCUT2D eigenvalue weighted by Gasteiger charge is -2.30. The summed E-state index contributed by atoms with van der Waals surface area (Å²) in [6.45, 7) is 8.13. The molecule has 2 heterocycles. The lowest BCUT2D eigenvalue weighted by atomic mass is 10.0. The van der Waals surface area contributed by atoms with Gasteiger partial charge < -0.3 is 10.2 Å². The van der Waals surface area contributed by atoms with E-state index in [0.717, 1.165) is 31.5 Å². The van der Waals surface area contributed by atoms with Crippen LogP contribution in [0, 0.1) is 0 Å². The number of likely N-dealkylation sites (tertiary alicyclic amines) is 1. The topological polar surface area (TPSA) is 32.3 Å². The van der Waals surface area contributed by atoms with Gasteiger partial charge in [0.1, 0.15) is 0 Å². The maximum absolute atomic E-state index is 12.4. The summed E-state index contributed by atoms with van der Waals surface area (Å²) in [5.74, 6) is 0.272. The third-order valence-corrected chi connectivity index (χ3v) is 4.02. The fraction of sp³-hybridized carbons (Fsp3) is 0.769. The van der Waals surface area contributed by atoms with Crippen molar-refractivity contribution in [3.8, 4) is 0 Å². The molecule has 0 aromatic rings. The molecule has 3 nitrogen and oxygen atoms in total. The number of rotatable bonds is 2. The summed E-state index contributed by atoms with van der Waals surface area (Å²) >= 11 is 0. The zero-order valence-electron chi connectivity index (χ0n) is 10.5. The highest BCUT2D eigenvalue weighted by molar-refractivity contribution is 5.94. The Morgan fingerprint density at radius 3 is 2.62 bits per heavy atom. The Morgan fingerprint density at radius 1 is 1.44 bits per heavy atom. The number of carbonyl (C=O) groups excluding carboxylic acids is 1. The number of hydrogen-bond donors (Lipinski definition) is 1. The quantitative estimate of drug-likeness (QED) is 0.721. The third kappa shape index (κ3) is 1.88. The van der Waals surface area contributed by atoms with Crippen LogP contribution in [-0.4, -0.2) is 36.0 Å². The van der Waals surface area contributed by atoms with Gasteiger partial charge in [-0.05, 0) is 38.7 Å². The molecule has 3 heteroatoms. The summed E-state index contributed by atoms with van der Waals surface area (Å²) in [5.41, 5.74) is 2.27. The number of nitrogens with one attached hydrogen (secondary N) is 1. The van der Waals surface area contributed by atoms with Crippen molar-refractivity contribution in [3.05, 3.63) is 11.1 Å². The van der Waals surface area contributed by atoms with Crippen LogP contribution in [0.5, 0.6) is 0 Å². The molecule has 90 valence electrons. The summed E-state index contributed by atoms with van der Waals surface area (Å²) in [7, 11) is 0. The van der Waals surface area contributed by atoms with Crippen LogP contribution in [-0.2, 0) is 4.79 Å². The van der Waals surface area contributed by atoms with E-state index in [2.05, 4.69) is 24.1 Å². The fourth-order valence-corrected chi connectivity index (χ4v) is 2.70. The molecule has 2 saturated heterocycles. The Kier molecular flexibility index (Phi) is 3.33. The zero-order chi connectivity index (χ0) is 11.7. The number of carbonyl (C=O) groups is 1. The van der Waals surface area contributed by atoms with Gasteiger partial charge in [0.2, 0.25) is 5.91 Å². The van der Waals surface area contributed by atoms with E-state index in [9.17, 15) is 4.79 Å². The van der Waals surface area contributed by atoms with Crippen LogP contribution in [0.25, 0.3) is 0 Å². The largest absolute Gasteiger partial charge is 0.333 e. The van der Waals surface area contributed by atoms with Crippen LogP contribution < -0.4 is 5.32 Å². The Hall–Kier alpha value is -0.830. The van der Waals surface area contributed by atoms with Crippen molar-refractivity contribution < 1.29 is 4.79 Å². The standard InChI is InChI=1S/C13H22N2O/c1-4-12-6-5-9(2)15(12)13(16)10(3)11-7-14-8-11/h9,12,14H,4-8H2,1-3H3. The van der Waals surface area contributed by atoms with Crippen LogP contribution in [0.2, 0.25) is 0 Å². The minimum absolute atomic E-state index is 0.272. The smallest absolute Gasteiger partial charge is 0.250 e. The van der Waals surface area contributed by atoms with Gasteiger partial charge in [0.15, 0.2) is 0 Å². The van der Waals surface area contributed by atoms with Crippen molar-refractivity contribution in [2.45, 2.75) is 52.1 Å². The molecule has 2 fully saturated rings. The average molecular weight is 222 g/mol. The highest BCUT2D eigenvalue weighted by Gasteiger charge is 2.34. The first-order valence-corrected chi connectivity index (χ1v) is 6.37. The molecule has 0 aromatic carbocycles. The number of hydrogen-bond acceptors (Lipinski definition) is 2. The van der Waals surface area contributed by atoms with Crippen molar-refractivity contribution in [1.29, 1.82) is 0 Å². The van der Waals surface area contributed by atoms with Gasteiger partial charge in [0.25, 0.3) is 0 Å². The zero-order valence-corrected chi connectivity index (χ0v) is 10.5. The monoisotopic (exact) mass is 222 g/mol. The molecule has 2 aliphatic rings. The van der Waals surface area contributed by atoms with E-state index < -0.39 is 0 Å². The van der Waals surface area contributed by atoms with Crippen molar-refractivity contribution in [1.82, 2.24) is 10.2 Å². The van der Waals surface area contributed by atoms with Crippen molar-refractivity contribution in [2.24, 2.45) is 0 Å². The van der Waals surface area contributed by atoms with Gasteiger partial charge >= 0.3 is 0 Å². The molecule has 0 saturated carbocycles. The maximum atomic E-state index is 12.4. The van der Waals surface area contributed by atoms with Crippen LogP contribution in [0.1, 0.15) is 40.0 Å². The van der Waals surface area contributed by atoms with Gasteiger partial charge in [0, 0.05) is 30.7 Å². The van der Waals surface area contributed by atoms with E-state index in [4.69, 9.17) is 0 Å². The molecular weight excluding hydrogens is 200 g/mol. The second kappa shape index (κ2) is 4.58. The molecule has 0 bridgehead atoms.